The highest BCUT2D eigenvalue weighted by Gasteiger charge is 2.15. The van der Waals surface area contributed by atoms with Crippen LogP contribution in [0.3, 0.4) is 0 Å². The largest absolute Gasteiger partial charge is 0.457 e. The van der Waals surface area contributed by atoms with Crippen molar-refractivity contribution in [3.8, 4) is 45.0 Å². The molecule has 0 fully saturated rings. The summed E-state index contributed by atoms with van der Waals surface area (Å²) in [6, 6.07) is 49.1. The van der Waals surface area contributed by atoms with Gasteiger partial charge in [-0.3, -0.25) is 0 Å². The Kier molecular flexibility index (Phi) is 8.90. The van der Waals surface area contributed by atoms with Crippen molar-refractivity contribution in [1.29, 1.82) is 0 Å². The average Bonchev–Trinajstić information content (AvgIpc) is 3.60. The number of furan rings is 1. The second kappa shape index (κ2) is 14.0. The number of nitrogens with zero attached hydrogens (tertiary/aromatic N) is 2. The standard InChI is InChI=1S/C46H34N2O/c1-32(25-26-34(3)38-21-13-22-39(29-38)35-15-7-4-8-16-35)33(2)27-28-40-30-42-41(23-14-24-45(42)49-40)46-47-43(36-17-9-5-10-18-36)31-44(48-46)37-19-11-6-12-20-37/h4-31H,1-3H2/b26-25-,28-27-. The highest BCUT2D eigenvalue weighted by atomic mass is 16.3. The van der Waals surface area contributed by atoms with Crippen LogP contribution in [0.5, 0.6) is 0 Å². The number of rotatable bonds is 10. The third kappa shape index (κ3) is 7.07. The number of fused-ring (bicyclic) bond motifs is 1. The van der Waals surface area contributed by atoms with Crippen LogP contribution in [0.2, 0.25) is 0 Å². The molecule has 0 radical (unpaired) electrons. The van der Waals surface area contributed by atoms with Gasteiger partial charge in [-0.05, 0) is 63.8 Å². The minimum Gasteiger partial charge on any atom is -0.457 e. The van der Waals surface area contributed by atoms with Gasteiger partial charge in [0, 0.05) is 22.1 Å². The van der Waals surface area contributed by atoms with Crippen molar-refractivity contribution in [1.82, 2.24) is 9.97 Å². The van der Waals surface area contributed by atoms with Crippen molar-refractivity contribution in [2.24, 2.45) is 0 Å². The Labute approximate surface area is 287 Å². The molecule has 234 valence electrons. The van der Waals surface area contributed by atoms with Crippen LogP contribution in [-0.4, -0.2) is 9.97 Å². The summed E-state index contributed by atoms with van der Waals surface area (Å²) >= 11 is 0. The fraction of sp³-hybridized carbons (Fsp3) is 0. The van der Waals surface area contributed by atoms with Gasteiger partial charge in [-0.1, -0.05) is 159 Å². The van der Waals surface area contributed by atoms with Crippen LogP contribution in [0, 0.1) is 0 Å². The van der Waals surface area contributed by atoms with Crippen molar-refractivity contribution in [2.75, 3.05) is 0 Å². The molecule has 7 aromatic rings. The van der Waals surface area contributed by atoms with E-state index in [1.54, 1.807) is 0 Å². The van der Waals surface area contributed by atoms with Gasteiger partial charge in [0.15, 0.2) is 5.82 Å². The molecule has 0 unspecified atom stereocenters. The maximum Gasteiger partial charge on any atom is 0.161 e. The second-order valence-corrected chi connectivity index (χ2v) is 11.7. The van der Waals surface area contributed by atoms with E-state index in [9.17, 15) is 0 Å². The van der Waals surface area contributed by atoms with E-state index in [2.05, 4.69) is 80.4 Å². The van der Waals surface area contributed by atoms with Crippen LogP contribution in [0.15, 0.2) is 199 Å². The lowest BCUT2D eigenvalue weighted by atomic mass is 9.99. The summed E-state index contributed by atoms with van der Waals surface area (Å²) in [5, 5.41) is 0.935. The van der Waals surface area contributed by atoms with Crippen LogP contribution in [0.1, 0.15) is 11.3 Å². The van der Waals surface area contributed by atoms with Gasteiger partial charge >= 0.3 is 0 Å². The Morgan fingerprint density at radius 2 is 1.08 bits per heavy atom. The third-order valence-corrected chi connectivity index (χ3v) is 8.37. The summed E-state index contributed by atoms with van der Waals surface area (Å²) in [5.74, 6) is 1.34. The molecule has 0 spiro atoms. The third-order valence-electron chi connectivity index (χ3n) is 8.37. The lowest BCUT2D eigenvalue weighted by Crippen LogP contribution is -1.96. The number of benzene rings is 5. The van der Waals surface area contributed by atoms with Crippen LogP contribution in [0.25, 0.3) is 67.6 Å². The molecule has 0 saturated heterocycles. The molecule has 0 aliphatic rings. The zero-order valence-electron chi connectivity index (χ0n) is 27.1. The number of hydrogen-bond donors (Lipinski definition) is 0. The van der Waals surface area contributed by atoms with E-state index in [1.165, 1.54) is 5.56 Å². The predicted octanol–water partition coefficient (Wildman–Crippen LogP) is 12.3. The Balaban J connectivity index is 1.12. The van der Waals surface area contributed by atoms with Gasteiger partial charge in [-0.25, -0.2) is 9.97 Å². The number of aromatic nitrogens is 2. The first-order valence-corrected chi connectivity index (χ1v) is 16.1. The minimum absolute atomic E-state index is 0.639. The second-order valence-electron chi connectivity index (χ2n) is 11.7. The molecular weight excluding hydrogens is 597 g/mol. The maximum absolute atomic E-state index is 6.25. The van der Waals surface area contributed by atoms with Crippen molar-refractivity contribution >= 4 is 22.6 Å². The van der Waals surface area contributed by atoms with E-state index >= 15 is 0 Å². The van der Waals surface area contributed by atoms with Gasteiger partial charge in [0.25, 0.3) is 0 Å². The van der Waals surface area contributed by atoms with E-state index in [0.717, 1.165) is 66.9 Å². The summed E-state index contributed by atoms with van der Waals surface area (Å²) in [4.78, 5) is 10.0. The Morgan fingerprint density at radius 3 is 1.73 bits per heavy atom. The molecule has 0 aliphatic heterocycles. The SMILES string of the molecule is C=C(/C=C\C(=C)c1cccc(-c2ccccc2)c1)C(=C)/C=C\c1cc2c(-c3nc(-c4ccccc4)cc(-c4ccccc4)n3)cccc2o1. The summed E-state index contributed by atoms with van der Waals surface area (Å²) in [7, 11) is 0. The van der Waals surface area contributed by atoms with E-state index in [0.29, 0.717) is 11.6 Å². The molecule has 7 rings (SSSR count). The molecule has 0 atom stereocenters. The van der Waals surface area contributed by atoms with Crippen LogP contribution < -0.4 is 0 Å². The lowest BCUT2D eigenvalue weighted by molar-refractivity contribution is 0.604. The summed E-state index contributed by atoms with van der Waals surface area (Å²) in [5.41, 5.74) is 11.3. The van der Waals surface area contributed by atoms with E-state index in [1.807, 2.05) is 109 Å². The van der Waals surface area contributed by atoms with Gasteiger partial charge in [0.1, 0.15) is 11.3 Å². The van der Waals surface area contributed by atoms with Gasteiger partial charge in [-0.2, -0.15) is 0 Å². The highest BCUT2D eigenvalue weighted by molar-refractivity contribution is 5.94. The first-order chi connectivity index (χ1) is 24.0. The Morgan fingerprint density at radius 1 is 0.510 bits per heavy atom. The molecule has 49 heavy (non-hydrogen) atoms. The smallest absolute Gasteiger partial charge is 0.161 e. The molecule has 0 amide bonds. The fourth-order valence-corrected chi connectivity index (χ4v) is 5.66. The lowest BCUT2D eigenvalue weighted by Gasteiger charge is -2.09. The zero-order valence-corrected chi connectivity index (χ0v) is 27.1. The van der Waals surface area contributed by atoms with Crippen LogP contribution in [-0.2, 0) is 0 Å². The zero-order chi connectivity index (χ0) is 33.6. The van der Waals surface area contributed by atoms with Crippen molar-refractivity contribution < 1.29 is 4.42 Å². The number of hydrogen-bond acceptors (Lipinski definition) is 3. The van der Waals surface area contributed by atoms with Gasteiger partial charge in [0.2, 0.25) is 0 Å². The van der Waals surface area contributed by atoms with Gasteiger partial charge < -0.3 is 4.42 Å². The predicted molar refractivity (Wildman–Crippen MR) is 205 cm³/mol. The molecule has 5 aromatic carbocycles. The van der Waals surface area contributed by atoms with E-state index in [4.69, 9.17) is 14.4 Å². The quantitative estimate of drug-likeness (QED) is 0.141. The van der Waals surface area contributed by atoms with Crippen LogP contribution in [0.4, 0.5) is 0 Å². The Hall–Kier alpha value is -6.58. The van der Waals surface area contributed by atoms with E-state index < -0.39 is 0 Å². The van der Waals surface area contributed by atoms with Crippen molar-refractivity contribution in [3.63, 3.8) is 0 Å². The highest BCUT2D eigenvalue weighted by Crippen LogP contribution is 2.33. The molecular formula is C46H34N2O. The normalized spacial score (nSPS) is 11.3. The van der Waals surface area contributed by atoms with E-state index in [-0.39, 0.29) is 0 Å². The maximum atomic E-state index is 6.25. The average molecular weight is 631 g/mol. The molecule has 3 heteroatoms. The first kappa shape index (κ1) is 31.0. The Bertz CT molecular complexity index is 2300. The summed E-state index contributed by atoms with van der Waals surface area (Å²) in [6.45, 7) is 12.8. The van der Waals surface area contributed by atoms with Gasteiger partial charge in [0.05, 0.1) is 11.4 Å². The molecule has 0 bridgehead atoms. The first-order valence-electron chi connectivity index (χ1n) is 16.1. The van der Waals surface area contributed by atoms with Gasteiger partial charge in [-0.15, -0.1) is 0 Å². The fourth-order valence-electron chi connectivity index (χ4n) is 5.66. The molecule has 0 aliphatic carbocycles. The number of allylic oxidation sites excluding steroid dienone is 6. The molecule has 0 N–H and O–H groups in total. The molecule has 3 nitrogen and oxygen atoms in total. The van der Waals surface area contributed by atoms with Crippen molar-refractivity contribution in [2.45, 2.75) is 0 Å². The monoisotopic (exact) mass is 630 g/mol. The molecule has 2 aromatic heterocycles. The summed E-state index contributed by atoms with van der Waals surface area (Å²) in [6.07, 6.45) is 7.76. The topological polar surface area (TPSA) is 38.9 Å². The molecule has 2 heterocycles. The molecule has 0 saturated carbocycles. The van der Waals surface area contributed by atoms with Crippen molar-refractivity contribution in [3.05, 3.63) is 206 Å². The van der Waals surface area contributed by atoms with Crippen LogP contribution >= 0.6 is 0 Å². The summed E-state index contributed by atoms with van der Waals surface area (Å²) < 4.78 is 6.25. The minimum atomic E-state index is 0.639.